The lowest BCUT2D eigenvalue weighted by atomic mass is 10.3. The van der Waals surface area contributed by atoms with Crippen LogP contribution in [0.25, 0.3) is 0 Å². The van der Waals surface area contributed by atoms with E-state index in [2.05, 4.69) is 4.98 Å². The topological polar surface area (TPSA) is 93.3 Å². The summed E-state index contributed by atoms with van der Waals surface area (Å²) in [6.45, 7) is 0. The van der Waals surface area contributed by atoms with Gasteiger partial charge in [0.25, 0.3) is 0 Å². The molecule has 0 aliphatic heterocycles. The van der Waals surface area contributed by atoms with Gasteiger partial charge < -0.3 is 10.8 Å². The molecule has 1 aromatic heterocycles. The Hall–Kier alpha value is -1.91. The number of nitrogen functional groups attached to an aromatic ring is 1. The number of carbonyl (C=O) groups is 2. The van der Waals surface area contributed by atoms with Crippen LogP contribution in [0.2, 0.25) is 0 Å². The molecule has 0 radical (unpaired) electrons. The third-order valence-corrected chi connectivity index (χ3v) is 1.29. The van der Waals surface area contributed by atoms with Crippen molar-refractivity contribution in [2.45, 2.75) is 0 Å². The van der Waals surface area contributed by atoms with Crippen LogP contribution in [0, 0.1) is 0 Å². The van der Waals surface area contributed by atoms with Crippen molar-refractivity contribution < 1.29 is 14.7 Å². The molecule has 5 nitrogen and oxygen atoms in total. The van der Waals surface area contributed by atoms with E-state index in [1.807, 2.05) is 0 Å². The van der Waals surface area contributed by atoms with Gasteiger partial charge in [0.2, 0.25) is 0 Å². The van der Waals surface area contributed by atoms with E-state index >= 15 is 0 Å². The lowest BCUT2D eigenvalue weighted by molar-refractivity contribution is 0.0690. The Morgan fingerprint density at radius 2 is 2.25 bits per heavy atom. The maximum Gasteiger partial charge on any atom is 0.354 e. The molecule has 0 aliphatic carbocycles. The van der Waals surface area contributed by atoms with Crippen molar-refractivity contribution in [3.8, 4) is 0 Å². The summed E-state index contributed by atoms with van der Waals surface area (Å²) in [5.74, 6) is -1.18. The Labute approximate surface area is 67.8 Å². The number of hydrogen-bond acceptors (Lipinski definition) is 4. The number of carbonyl (C=O) groups excluding carboxylic acids is 1. The molecule has 0 unspecified atom stereocenters. The molecule has 0 spiro atoms. The van der Waals surface area contributed by atoms with Crippen LogP contribution in [0.1, 0.15) is 21.0 Å². The highest BCUT2D eigenvalue weighted by atomic mass is 16.4. The van der Waals surface area contributed by atoms with Gasteiger partial charge in [0.05, 0.1) is 5.69 Å². The molecule has 12 heavy (non-hydrogen) atoms. The van der Waals surface area contributed by atoms with Crippen molar-refractivity contribution in [1.82, 2.24) is 4.98 Å². The van der Waals surface area contributed by atoms with E-state index in [4.69, 9.17) is 10.8 Å². The van der Waals surface area contributed by atoms with Gasteiger partial charge in [-0.05, 0) is 12.1 Å². The van der Waals surface area contributed by atoms with Crippen LogP contribution in [0.3, 0.4) is 0 Å². The van der Waals surface area contributed by atoms with E-state index in [0.717, 1.165) is 0 Å². The monoisotopic (exact) mass is 166 g/mol. The molecular weight excluding hydrogens is 160 g/mol. The molecule has 0 bridgehead atoms. The van der Waals surface area contributed by atoms with Gasteiger partial charge in [0, 0.05) is 0 Å². The highest BCUT2D eigenvalue weighted by Crippen LogP contribution is 2.06. The normalized spacial score (nSPS) is 9.33. The number of carboxylic acid groups (broad SMARTS) is 1. The van der Waals surface area contributed by atoms with Crippen LogP contribution in [-0.2, 0) is 0 Å². The number of aromatic nitrogens is 1. The first-order valence-electron chi connectivity index (χ1n) is 3.10. The van der Waals surface area contributed by atoms with Crippen LogP contribution in [-0.4, -0.2) is 22.3 Å². The molecule has 3 N–H and O–H groups in total. The summed E-state index contributed by atoms with van der Waals surface area (Å²) in [6, 6.07) is 2.57. The zero-order valence-electron chi connectivity index (χ0n) is 6.02. The van der Waals surface area contributed by atoms with Gasteiger partial charge in [-0.1, -0.05) is 0 Å². The molecule has 0 atom stereocenters. The van der Waals surface area contributed by atoms with E-state index < -0.39 is 5.97 Å². The second kappa shape index (κ2) is 3.00. The summed E-state index contributed by atoms with van der Waals surface area (Å²) in [5, 5.41) is 8.48. The van der Waals surface area contributed by atoms with Crippen molar-refractivity contribution in [3.63, 3.8) is 0 Å². The van der Waals surface area contributed by atoms with Crippen molar-refractivity contribution in [1.29, 1.82) is 0 Å². The quantitative estimate of drug-likeness (QED) is 0.611. The SMILES string of the molecule is Nc1ccc(C(=O)O)nc1C=O. The minimum Gasteiger partial charge on any atom is -0.477 e. The summed E-state index contributed by atoms with van der Waals surface area (Å²) in [5.41, 5.74) is 5.25. The first-order valence-corrected chi connectivity index (χ1v) is 3.10. The predicted octanol–water partition coefficient (Wildman–Crippen LogP) is 0.175. The van der Waals surface area contributed by atoms with Crippen LogP contribution in [0.15, 0.2) is 12.1 Å². The molecule has 62 valence electrons. The van der Waals surface area contributed by atoms with Gasteiger partial charge in [0.1, 0.15) is 11.4 Å². The van der Waals surface area contributed by atoms with Gasteiger partial charge in [-0.2, -0.15) is 0 Å². The highest BCUT2D eigenvalue weighted by molar-refractivity contribution is 5.88. The van der Waals surface area contributed by atoms with Gasteiger partial charge in [0.15, 0.2) is 6.29 Å². The third-order valence-electron chi connectivity index (χ3n) is 1.29. The van der Waals surface area contributed by atoms with Crippen molar-refractivity contribution >= 4 is 17.9 Å². The van der Waals surface area contributed by atoms with Gasteiger partial charge in [-0.15, -0.1) is 0 Å². The number of aldehydes is 1. The summed E-state index contributed by atoms with van der Waals surface area (Å²) >= 11 is 0. The summed E-state index contributed by atoms with van der Waals surface area (Å²) in [4.78, 5) is 24.1. The number of pyridine rings is 1. The molecule has 0 saturated carbocycles. The Morgan fingerprint density at radius 1 is 1.58 bits per heavy atom. The van der Waals surface area contributed by atoms with Gasteiger partial charge >= 0.3 is 5.97 Å². The maximum absolute atomic E-state index is 10.4. The molecular formula is C7H6N2O3. The maximum atomic E-state index is 10.4. The summed E-state index contributed by atoms with van der Waals surface area (Å²) in [6.07, 6.45) is 0.418. The van der Waals surface area contributed by atoms with Crippen LogP contribution in [0.4, 0.5) is 5.69 Å². The van der Waals surface area contributed by atoms with E-state index in [1.54, 1.807) is 0 Å². The Kier molecular flexibility index (Phi) is 2.05. The lowest BCUT2D eigenvalue weighted by Crippen LogP contribution is -2.04. The first kappa shape index (κ1) is 8.19. The van der Waals surface area contributed by atoms with Crippen molar-refractivity contribution in [2.75, 3.05) is 5.73 Å². The fourth-order valence-corrected chi connectivity index (χ4v) is 0.699. The van der Waals surface area contributed by atoms with Gasteiger partial charge in [-0.25, -0.2) is 9.78 Å². The molecule has 0 fully saturated rings. The minimum atomic E-state index is -1.18. The molecule has 0 saturated heterocycles. The minimum absolute atomic E-state index is 0.0464. The number of nitrogens with two attached hydrogens (primary N) is 1. The van der Waals surface area contributed by atoms with E-state index in [0.29, 0.717) is 6.29 Å². The number of nitrogens with zero attached hydrogens (tertiary/aromatic N) is 1. The molecule has 1 rings (SSSR count). The van der Waals surface area contributed by atoms with Crippen molar-refractivity contribution in [2.24, 2.45) is 0 Å². The van der Waals surface area contributed by atoms with Crippen LogP contribution in [0.5, 0.6) is 0 Å². The number of rotatable bonds is 2. The molecule has 0 amide bonds. The number of carboxylic acids is 1. The number of aromatic carboxylic acids is 1. The summed E-state index contributed by atoms with van der Waals surface area (Å²) in [7, 11) is 0. The van der Waals surface area contributed by atoms with E-state index in [9.17, 15) is 9.59 Å². The molecule has 5 heteroatoms. The molecule has 0 aromatic carbocycles. The summed E-state index contributed by atoms with van der Waals surface area (Å²) < 4.78 is 0. The predicted molar refractivity (Wildman–Crippen MR) is 41.0 cm³/mol. The second-order valence-electron chi connectivity index (χ2n) is 2.09. The third kappa shape index (κ3) is 1.39. The Balaban J connectivity index is 3.22. The fraction of sp³-hybridized carbons (Fsp3) is 0. The van der Waals surface area contributed by atoms with Crippen molar-refractivity contribution in [3.05, 3.63) is 23.5 Å². The zero-order valence-corrected chi connectivity index (χ0v) is 6.02. The molecule has 0 aliphatic rings. The lowest BCUT2D eigenvalue weighted by Gasteiger charge is -1.97. The largest absolute Gasteiger partial charge is 0.477 e. The fourth-order valence-electron chi connectivity index (χ4n) is 0.699. The van der Waals surface area contributed by atoms with Crippen LogP contribution < -0.4 is 5.73 Å². The number of anilines is 1. The first-order chi connectivity index (χ1) is 5.65. The second-order valence-corrected chi connectivity index (χ2v) is 2.09. The molecule has 1 heterocycles. The average Bonchev–Trinajstić information content (AvgIpc) is 2.05. The van der Waals surface area contributed by atoms with E-state index in [1.165, 1.54) is 12.1 Å². The zero-order chi connectivity index (χ0) is 9.14. The highest BCUT2D eigenvalue weighted by Gasteiger charge is 2.06. The molecule has 1 aromatic rings. The Morgan fingerprint density at radius 3 is 2.75 bits per heavy atom. The average molecular weight is 166 g/mol. The number of hydrogen-bond donors (Lipinski definition) is 2. The standard InChI is InChI=1S/C7H6N2O3/c8-4-1-2-5(7(11)12)9-6(4)3-10/h1-3H,8H2,(H,11,12). The Bertz CT molecular complexity index is 335. The van der Waals surface area contributed by atoms with Gasteiger partial charge in [-0.3, -0.25) is 4.79 Å². The van der Waals surface area contributed by atoms with E-state index in [-0.39, 0.29) is 17.1 Å². The smallest absolute Gasteiger partial charge is 0.354 e. The van der Waals surface area contributed by atoms with Crippen LogP contribution >= 0.6 is 0 Å².